The minimum Gasteiger partial charge on any atom is -0.475 e. The van der Waals surface area contributed by atoms with Gasteiger partial charge in [0.25, 0.3) is 0 Å². The molecule has 3 N–H and O–H groups in total. The van der Waals surface area contributed by atoms with Crippen LogP contribution in [0.15, 0.2) is 0 Å². The normalized spacial score (nSPS) is 23.6. The smallest absolute Gasteiger partial charge is 0.475 e. The average Bonchev–Trinajstić information content (AvgIpc) is 2.14. The van der Waals surface area contributed by atoms with E-state index in [1.54, 1.807) is 0 Å². The number of carbonyl (C=O) groups excluding carboxylic acids is 1. The van der Waals surface area contributed by atoms with Gasteiger partial charge in [0.15, 0.2) is 0 Å². The second-order valence-corrected chi connectivity index (χ2v) is 3.17. The molecule has 0 aliphatic heterocycles. The largest absolute Gasteiger partial charge is 0.490 e. The van der Waals surface area contributed by atoms with Gasteiger partial charge in [-0.25, -0.2) is 4.79 Å². The Hall–Kier alpha value is -1.31. The highest BCUT2D eigenvalue weighted by Crippen LogP contribution is 2.26. The van der Waals surface area contributed by atoms with Crippen molar-refractivity contribution in [1.29, 1.82) is 0 Å². The first-order valence-corrected chi connectivity index (χ1v) is 4.33. The number of carbonyl (C=O) groups is 2. The maximum atomic E-state index is 10.7. The van der Waals surface area contributed by atoms with Crippen LogP contribution < -0.4 is 5.73 Å². The van der Waals surface area contributed by atoms with Gasteiger partial charge in [0.2, 0.25) is 0 Å². The third kappa shape index (κ3) is 4.47. The second-order valence-electron chi connectivity index (χ2n) is 3.17. The molecule has 8 heteroatoms. The Labute approximate surface area is 89.4 Å². The number of aliphatic carboxylic acids is 1. The molecule has 0 radical (unpaired) electrons. The summed E-state index contributed by atoms with van der Waals surface area (Å²) in [6.07, 6.45) is -3.23. The Morgan fingerprint density at radius 3 is 1.88 bits per heavy atom. The third-order valence-electron chi connectivity index (χ3n) is 2.07. The molecule has 5 nitrogen and oxygen atoms in total. The van der Waals surface area contributed by atoms with Gasteiger partial charge >= 0.3 is 18.1 Å². The molecule has 0 saturated heterocycles. The first kappa shape index (κ1) is 14.7. The minimum absolute atomic E-state index is 0.0185. The molecule has 0 aromatic carbocycles. The lowest BCUT2D eigenvalue weighted by Crippen LogP contribution is -2.44. The summed E-state index contributed by atoms with van der Waals surface area (Å²) in [7, 11) is 1.40. The summed E-state index contributed by atoms with van der Waals surface area (Å²) in [5, 5.41) is 7.12. The minimum atomic E-state index is -5.08. The van der Waals surface area contributed by atoms with Gasteiger partial charge in [-0.2, -0.15) is 13.2 Å². The van der Waals surface area contributed by atoms with E-state index >= 15 is 0 Å². The fraction of sp³-hybridized carbons (Fsp3) is 0.750. The molecule has 94 valence electrons. The highest BCUT2D eigenvalue weighted by Gasteiger charge is 2.38. The molecule has 0 amide bonds. The summed E-state index contributed by atoms with van der Waals surface area (Å²) in [5.41, 5.74) is 5.50. The maximum absolute atomic E-state index is 10.7. The summed E-state index contributed by atoms with van der Waals surface area (Å²) >= 11 is 0. The molecule has 16 heavy (non-hydrogen) atoms. The van der Waals surface area contributed by atoms with Crippen LogP contribution in [0.25, 0.3) is 0 Å². The number of hydrogen-bond donors (Lipinski definition) is 2. The molecular weight excluding hydrogens is 231 g/mol. The summed E-state index contributed by atoms with van der Waals surface area (Å²) in [4.78, 5) is 19.6. The van der Waals surface area contributed by atoms with Crippen LogP contribution in [0.4, 0.5) is 13.2 Å². The van der Waals surface area contributed by atoms with Crippen LogP contribution in [-0.4, -0.2) is 36.4 Å². The monoisotopic (exact) mass is 243 g/mol. The lowest BCUT2D eigenvalue weighted by Gasteiger charge is -2.30. The first-order chi connectivity index (χ1) is 7.20. The molecule has 0 heterocycles. The Bertz CT molecular complexity index is 266. The standard InChI is InChI=1S/C6H11NO2.C2HF3O2/c1-9-6(8)4-2-3-5(4)7;3-2(4,5)1(6)7/h4-5H,2-3,7H2,1H3;(H,6,7). The molecule has 1 aliphatic carbocycles. The first-order valence-electron chi connectivity index (χ1n) is 4.33. The number of ether oxygens (including phenoxy) is 1. The summed E-state index contributed by atoms with van der Waals surface area (Å²) in [5.74, 6) is -2.93. The van der Waals surface area contributed by atoms with Crippen molar-refractivity contribution in [2.24, 2.45) is 11.7 Å². The van der Waals surface area contributed by atoms with Crippen molar-refractivity contribution in [3.8, 4) is 0 Å². The fourth-order valence-corrected chi connectivity index (χ4v) is 0.970. The molecule has 1 saturated carbocycles. The fourth-order valence-electron chi connectivity index (χ4n) is 0.970. The van der Waals surface area contributed by atoms with Gasteiger partial charge in [-0.15, -0.1) is 0 Å². The van der Waals surface area contributed by atoms with E-state index in [0.29, 0.717) is 0 Å². The lowest BCUT2D eigenvalue weighted by molar-refractivity contribution is -0.192. The van der Waals surface area contributed by atoms with Crippen molar-refractivity contribution >= 4 is 11.9 Å². The van der Waals surface area contributed by atoms with E-state index in [4.69, 9.17) is 15.6 Å². The number of alkyl halides is 3. The predicted octanol–water partition coefficient (Wildman–Crippen LogP) is 0.530. The molecule has 2 atom stereocenters. The maximum Gasteiger partial charge on any atom is 0.490 e. The number of carboxylic acids is 1. The summed E-state index contributed by atoms with van der Waals surface area (Å²) in [6, 6.07) is 0.0532. The van der Waals surface area contributed by atoms with Crippen molar-refractivity contribution in [1.82, 2.24) is 0 Å². The van der Waals surface area contributed by atoms with Gasteiger partial charge in [-0.3, -0.25) is 4.79 Å². The average molecular weight is 243 g/mol. The van der Waals surface area contributed by atoms with E-state index in [1.807, 2.05) is 0 Å². The predicted molar refractivity (Wildman–Crippen MR) is 46.4 cm³/mol. The van der Waals surface area contributed by atoms with Crippen molar-refractivity contribution in [3.05, 3.63) is 0 Å². The lowest BCUT2D eigenvalue weighted by atomic mass is 9.80. The van der Waals surface area contributed by atoms with E-state index < -0.39 is 12.1 Å². The molecule has 0 aromatic rings. The van der Waals surface area contributed by atoms with Gasteiger partial charge in [0, 0.05) is 6.04 Å². The zero-order valence-corrected chi connectivity index (χ0v) is 8.45. The topological polar surface area (TPSA) is 89.6 Å². The Balaban J connectivity index is 0.000000293. The van der Waals surface area contributed by atoms with Crippen molar-refractivity contribution in [2.45, 2.75) is 25.1 Å². The van der Waals surface area contributed by atoms with Gasteiger partial charge in [0.1, 0.15) is 0 Å². The number of hydrogen-bond acceptors (Lipinski definition) is 4. The van der Waals surface area contributed by atoms with Crippen molar-refractivity contribution in [2.75, 3.05) is 7.11 Å². The zero-order valence-electron chi connectivity index (χ0n) is 8.45. The molecule has 0 aromatic heterocycles. The summed E-state index contributed by atoms with van der Waals surface area (Å²) < 4.78 is 36.2. The van der Waals surface area contributed by atoms with Crippen LogP contribution >= 0.6 is 0 Å². The number of methoxy groups -OCH3 is 1. The third-order valence-corrected chi connectivity index (χ3v) is 2.07. The van der Waals surface area contributed by atoms with E-state index in [1.165, 1.54) is 7.11 Å². The van der Waals surface area contributed by atoms with Gasteiger partial charge in [-0.05, 0) is 12.8 Å². The highest BCUT2D eigenvalue weighted by molar-refractivity contribution is 5.74. The highest BCUT2D eigenvalue weighted by atomic mass is 19.4. The molecule has 0 bridgehead atoms. The van der Waals surface area contributed by atoms with E-state index in [0.717, 1.165) is 12.8 Å². The Morgan fingerprint density at radius 1 is 1.38 bits per heavy atom. The Morgan fingerprint density at radius 2 is 1.81 bits per heavy atom. The Kier molecular flexibility index (Phi) is 5.22. The van der Waals surface area contributed by atoms with Crippen molar-refractivity contribution < 1.29 is 32.6 Å². The van der Waals surface area contributed by atoms with Gasteiger partial charge in [0.05, 0.1) is 13.0 Å². The number of nitrogens with two attached hydrogens (primary N) is 1. The van der Waals surface area contributed by atoms with E-state index in [-0.39, 0.29) is 17.9 Å². The SMILES string of the molecule is COC(=O)C1CCC1N.O=C(O)C(F)(F)F. The van der Waals surface area contributed by atoms with Gasteiger partial charge < -0.3 is 15.6 Å². The van der Waals surface area contributed by atoms with E-state index in [2.05, 4.69) is 4.74 Å². The molecule has 2 unspecified atom stereocenters. The van der Waals surface area contributed by atoms with Crippen LogP contribution in [0, 0.1) is 5.92 Å². The molecule has 0 spiro atoms. The molecular formula is C8H12F3NO4. The van der Waals surface area contributed by atoms with Gasteiger partial charge in [-0.1, -0.05) is 0 Å². The van der Waals surface area contributed by atoms with Crippen LogP contribution in [0.5, 0.6) is 0 Å². The number of halogens is 3. The van der Waals surface area contributed by atoms with Crippen LogP contribution in [0.3, 0.4) is 0 Å². The molecule has 1 fully saturated rings. The van der Waals surface area contributed by atoms with Crippen LogP contribution in [0.1, 0.15) is 12.8 Å². The second kappa shape index (κ2) is 5.69. The van der Waals surface area contributed by atoms with Crippen molar-refractivity contribution in [3.63, 3.8) is 0 Å². The zero-order chi connectivity index (χ0) is 12.9. The number of esters is 1. The number of carboxylic acid groups (broad SMARTS) is 1. The molecule has 1 rings (SSSR count). The van der Waals surface area contributed by atoms with Crippen LogP contribution in [0.2, 0.25) is 0 Å². The number of rotatable bonds is 1. The quantitative estimate of drug-likeness (QED) is 0.655. The molecule has 1 aliphatic rings. The van der Waals surface area contributed by atoms with Crippen LogP contribution in [-0.2, 0) is 14.3 Å². The van der Waals surface area contributed by atoms with E-state index in [9.17, 15) is 18.0 Å². The summed E-state index contributed by atoms with van der Waals surface area (Å²) in [6.45, 7) is 0.